The lowest BCUT2D eigenvalue weighted by Gasteiger charge is -2.39. The summed E-state index contributed by atoms with van der Waals surface area (Å²) in [5.41, 5.74) is 2.16. The lowest BCUT2D eigenvalue weighted by atomic mass is 9.85. The van der Waals surface area contributed by atoms with E-state index in [0.717, 1.165) is 5.56 Å². The third-order valence-corrected chi connectivity index (χ3v) is 5.91. The molecule has 0 aliphatic carbocycles. The van der Waals surface area contributed by atoms with E-state index in [1.165, 1.54) is 12.1 Å². The average Bonchev–Trinajstić information content (AvgIpc) is 2.81. The molecule has 33 heavy (non-hydrogen) atoms. The largest absolute Gasteiger partial charge is 0.497 e. The highest BCUT2D eigenvalue weighted by atomic mass is 35.5. The molecule has 0 saturated carbocycles. The molecule has 4 rings (SSSR count). The summed E-state index contributed by atoms with van der Waals surface area (Å²) in [5, 5.41) is 6.29. The second kappa shape index (κ2) is 9.92. The van der Waals surface area contributed by atoms with E-state index in [4.69, 9.17) is 16.3 Å². The number of piperidine rings is 1. The van der Waals surface area contributed by atoms with Crippen LogP contribution in [-0.4, -0.2) is 31.6 Å². The molecule has 6 nitrogen and oxygen atoms in total. The number of benzene rings is 3. The Hall–Kier alpha value is -3.58. The predicted molar refractivity (Wildman–Crippen MR) is 126 cm³/mol. The van der Waals surface area contributed by atoms with E-state index in [1.54, 1.807) is 48.4 Å². The SMILES string of the molecule is COc1ccc(C2CN(c3ccc(F)cc3)C(=O)CC2NC(=O)Nc2ccc(Cl)cc2)cc1. The number of amides is 3. The number of rotatable bonds is 5. The molecule has 1 saturated heterocycles. The van der Waals surface area contributed by atoms with E-state index in [2.05, 4.69) is 10.6 Å². The van der Waals surface area contributed by atoms with Crippen LogP contribution in [0.15, 0.2) is 72.8 Å². The number of urea groups is 1. The molecule has 1 fully saturated rings. The van der Waals surface area contributed by atoms with E-state index in [-0.39, 0.29) is 24.1 Å². The third-order valence-electron chi connectivity index (χ3n) is 5.66. The van der Waals surface area contributed by atoms with Crippen molar-refractivity contribution in [2.45, 2.75) is 18.4 Å². The minimum absolute atomic E-state index is 0.0993. The number of methoxy groups -OCH3 is 1. The maximum atomic E-state index is 13.4. The summed E-state index contributed by atoms with van der Waals surface area (Å²) in [5.74, 6) is 0.0112. The zero-order valence-corrected chi connectivity index (χ0v) is 18.7. The number of carbonyl (C=O) groups is 2. The molecule has 2 unspecified atom stereocenters. The summed E-state index contributed by atoms with van der Waals surface area (Å²) in [6.07, 6.45) is 0.0993. The molecule has 0 bridgehead atoms. The van der Waals surface area contributed by atoms with Gasteiger partial charge in [0.05, 0.1) is 7.11 Å². The fraction of sp³-hybridized carbons (Fsp3) is 0.200. The minimum Gasteiger partial charge on any atom is -0.497 e. The number of hydrogen-bond acceptors (Lipinski definition) is 3. The van der Waals surface area contributed by atoms with Crippen LogP contribution < -0.4 is 20.3 Å². The van der Waals surface area contributed by atoms with Crippen LogP contribution in [0, 0.1) is 5.82 Å². The normalized spacial score (nSPS) is 18.0. The van der Waals surface area contributed by atoms with Gasteiger partial charge in [-0.05, 0) is 66.2 Å². The number of nitrogens with one attached hydrogen (secondary N) is 2. The molecule has 3 aromatic rings. The topological polar surface area (TPSA) is 70.7 Å². The molecule has 170 valence electrons. The number of anilines is 2. The van der Waals surface area contributed by atoms with Crippen LogP contribution in [-0.2, 0) is 4.79 Å². The second-order valence-electron chi connectivity index (χ2n) is 7.78. The van der Waals surface area contributed by atoms with Gasteiger partial charge in [-0.2, -0.15) is 0 Å². The molecule has 1 aliphatic rings. The van der Waals surface area contributed by atoms with Gasteiger partial charge in [-0.3, -0.25) is 4.79 Å². The second-order valence-corrected chi connectivity index (χ2v) is 8.21. The summed E-state index contributed by atoms with van der Waals surface area (Å²) in [4.78, 5) is 27.3. The van der Waals surface area contributed by atoms with Crippen molar-refractivity contribution in [1.29, 1.82) is 0 Å². The van der Waals surface area contributed by atoms with Gasteiger partial charge in [-0.1, -0.05) is 23.7 Å². The lowest BCUT2D eigenvalue weighted by molar-refractivity contribution is -0.120. The van der Waals surface area contributed by atoms with E-state index in [0.29, 0.717) is 28.7 Å². The molecular formula is C25H23ClFN3O3. The Bertz CT molecular complexity index is 1120. The van der Waals surface area contributed by atoms with Crippen LogP contribution in [0.2, 0.25) is 5.02 Å². The predicted octanol–water partition coefficient (Wildman–Crippen LogP) is 5.20. The van der Waals surface area contributed by atoms with Gasteiger partial charge in [-0.15, -0.1) is 0 Å². The van der Waals surface area contributed by atoms with Crippen molar-refractivity contribution >= 4 is 34.9 Å². The highest BCUT2D eigenvalue weighted by Crippen LogP contribution is 2.32. The molecule has 0 radical (unpaired) electrons. The quantitative estimate of drug-likeness (QED) is 0.542. The summed E-state index contributed by atoms with van der Waals surface area (Å²) in [6.45, 7) is 0.336. The van der Waals surface area contributed by atoms with Gasteiger partial charge < -0.3 is 20.3 Å². The van der Waals surface area contributed by atoms with E-state index in [1.807, 2.05) is 24.3 Å². The van der Waals surface area contributed by atoms with E-state index < -0.39 is 12.1 Å². The van der Waals surface area contributed by atoms with Gasteiger partial charge in [0.1, 0.15) is 11.6 Å². The first-order chi connectivity index (χ1) is 15.9. The Balaban J connectivity index is 1.56. The minimum atomic E-state index is -0.435. The van der Waals surface area contributed by atoms with Crippen LogP contribution >= 0.6 is 11.6 Å². The molecule has 2 atom stereocenters. The molecular weight excluding hydrogens is 445 g/mol. The van der Waals surface area contributed by atoms with E-state index in [9.17, 15) is 14.0 Å². The molecule has 1 heterocycles. The zero-order valence-electron chi connectivity index (χ0n) is 17.9. The van der Waals surface area contributed by atoms with Crippen molar-refractivity contribution in [3.63, 3.8) is 0 Å². The Morgan fingerprint density at radius 2 is 1.70 bits per heavy atom. The van der Waals surface area contributed by atoms with Gasteiger partial charge in [-0.25, -0.2) is 9.18 Å². The van der Waals surface area contributed by atoms with Crippen LogP contribution in [0.5, 0.6) is 5.75 Å². The average molecular weight is 468 g/mol. The molecule has 8 heteroatoms. The lowest BCUT2D eigenvalue weighted by Crippen LogP contribution is -2.53. The van der Waals surface area contributed by atoms with Crippen molar-refractivity contribution in [3.05, 3.63) is 89.2 Å². The van der Waals surface area contributed by atoms with Crippen molar-refractivity contribution in [2.24, 2.45) is 0 Å². The first-order valence-corrected chi connectivity index (χ1v) is 10.8. The first kappa shape index (κ1) is 22.6. The van der Waals surface area contributed by atoms with E-state index >= 15 is 0 Å². The highest BCUT2D eigenvalue weighted by Gasteiger charge is 2.36. The number of carbonyl (C=O) groups excluding carboxylic acids is 2. The number of halogens is 2. The first-order valence-electron chi connectivity index (χ1n) is 10.5. The van der Waals surface area contributed by atoms with Crippen molar-refractivity contribution in [1.82, 2.24) is 5.32 Å². The number of hydrogen-bond donors (Lipinski definition) is 2. The maximum Gasteiger partial charge on any atom is 0.319 e. The Morgan fingerprint density at radius 3 is 2.33 bits per heavy atom. The number of ether oxygens (including phenoxy) is 1. The van der Waals surface area contributed by atoms with Crippen molar-refractivity contribution in [2.75, 3.05) is 23.9 Å². The molecule has 3 amide bonds. The molecule has 3 aromatic carbocycles. The fourth-order valence-corrected chi connectivity index (χ4v) is 4.07. The smallest absolute Gasteiger partial charge is 0.319 e. The van der Waals surface area contributed by atoms with Crippen LogP contribution in [0.4, 0.5) is 20.6 Å². The summed E-state index contributed by atoms with van der Waals surface area (Å²) < 4.78 is 18.6. The van der Waals surface area contributed by atoms with Gasteiger partial charge >= 0.3 is 6.03 Å². The molecule has 0 spiro atoms. The molecule has 0 aromatic heterocycles. The standard InChI is InChI=1S/C25H23ClFN3O3/c1-33-21-12-2-16(3-13-21)22-15-30(20-10-6-18(27)7-11-20)24(31)14-23(22)29-25(32)28-19-8-4-17(26)5-9-19/h2-13,22-23H,14-15H2,1H3,(H2,28,29,32). The van der Waals surface area contributed by atoms with Gasteiger partial charge in [0, 0.05) is 41.3 Å². The van der Waals surface area contributed by atoms with Crippen molar-refractivity contribution in [3.8, 4) is 5.75 Å². The fourth-order valence-electron chi connectivity index (χ4n) is 3.95. The van der Waals surface area contributed by atoms with Crippen LogP contribution in [0.3, 0.4) is 0 Å². The Labute approximate surface area is 196 Å². The van der Waals surface area contributed by atoms with Crippen LogP contribution in [0.1, 0.15) is 17.9 Å². The van der Waals surface area contributed by atoms with Crippen LogP contribution in [0.25, 0.3) is 0 Å². The number of nitrogens with zero attached hydrogens (tertiary/aromatic N) is 1. The maximum absolute atomic E-state index is 13.4. The summed E-state index contributed by atoms with van der Waals surface area (Å²) in [7, 11) is 1.59. The third kappa shape index (κ3) is 5.43. The molecule has 2 N–H and O–H groups in total. The summed E-state index contributed by atoms with van der Waals surface area (Å²) in [6, 6.07) is 19.3. The summed E-state index contributed by atoms with van der Waals surface area (Å²) >= 11 is 5.90. The van der Waals surface area contributed by atoms with Crippen molar-refractivity contribution < 1.29 is 18.7 Å². The monoisotopic (exact) mass is 467 g/mol. The van der Waals surface area contributed by atoms with Gasteiger partial charge in [0.15, 0.2) is 0 Å². The van der Waals surface area contributed by atoms with Gasteiger partial charge in [0.2, 0.25) is 5.91 Å². The highest BCUT2D eigenvalue weighted by molar-refractivity contribution is 6.30. The van der Waals surface area contributed by atoms with Gasteiger partial charge in [0.25, 0.3) is 0 Å². The molecule has 1 aliphatic heterocycles. The Kier molecular flexibility index (Phi) is 6.79. The zero-order chi connectivity index (χ0) is 23.4. The Morgan fingerprint density at radius 1 is 1.03 bits per heavy atom.